The van der Waals surface area contributed by atoms with Crippen molar-refractivity contribution in [1.29, 1.82) is 0 Å². The maximum Gasteiger partial charge on any atom is 0.307 e. The number of rotatable bonds is 3. The molecule has 1 unspecified atom stereocenters. The Kier molecular flexibility index (Phi) is 4.23. The topological polar surface area (TPSA) is 63.7 Å². The number of methoxy groups -OCH3 is 1. The molecular weight excluding hydrogens is 357 g/mol. The summed E-state index contributed by atoms with van der Waals surface area (Å²) in [6.45, 7) is 0. The van der Waals surface area contributed by atoms with Gasteiger partial charge in [0.1, 0.15) is 5.82 Å². The van der Waals surface area contributed by atoms with Crippen LogP contribution in [-0.4, -0.2) is 21.5 Å². The van der Waals surface area contributed by atoms with Gasteiger partial charge in [0.2, 0.25) is 0 Å². The number of anilines is 1. The van der Waals surface area contributed by atoms with Crippen molar-refractivity contribution in [3.63, 3.8) is 0 Å². The van der Waals surface area contributed by atoms with Gasteiger partial charge in [0.15, 0.2) is 0 Å². The van der Waals surface area contributed by atoms with Gasteiger partial charge in [0.25, 0.3) is 10.0 Å². The van der Waals surface area contributed by atoms with E-state index in [4.69, 9.17) is 11.6 Å². The molecule has 0 spiro atoms. The molecular formula is C16H13ClFNO4S. The van der Waals surface area contributed by atoms with Crippen LogP contribution in [0.4, 0.5) is 10.1 Å². The van der Waals surface area contributed by atoms with E-state index in [1.807, 2.05) is 0 Å². The van der Waals surface area contributed by atoms with Crippen LogP contribution in [0.25, 0.3) is 0 Å². The number of ether oxygens (including phenoxy) is 1. The summed E-state index contributed by atoms with van der Waals surface area (Å²) in [5, 5.41) is -0.302. The van der Waals surface area contributed by atoms with Gasteiger partial charge in [-0.3, -0.25) is 9.10 Å². The van der Waals surface area contributed by atoms with Gasteiger partial charge in [0.05, 0.1) is 35.2 Å². The van der Waals surface area contributed by atoms with E-state index in [0.29, 0.717) is 5.69 Å². The van der Waals surface area contributed by atoms with Gasteiger partial charge in [-0.1, -0.05) is 29.8 Å². The summed E-state index contributed by atoms with van der Waals surface area (Å²) in [5.74, 6) is -1.36. The standard InChI is InChI=1S/C16H13ClFNO4S/c1-23-14(20)9-12-15-13(8-7-11(18)16(15)17)24(21,22)19(12)10-5-3-2-4-6-10/h2-8,12H,9H2,1H3. The molecule has 0 saturated carbocycles. The molecule has 5 nitrogen and oxygen atoms in total. The third-order valence-corrected chi connectivity index (χ3v) is 6.12. The van der Waals surface area contributed by atoms with E-state index in [1.165, 1.54) is 13.2 Å². The summed E-state index contributed by atoms with van der Waals surface area (Å²) in [7, 11) is -2.77. The summed E-state index contributed by atoms with van der Waals surface area (Å²) < 4.78 is 45.5. The monoisotopic (exact) mass is 369 g/mol. The van der Waals surface area contributed by atoms with Crippen molar-refractivity contribution in [2.24, 2.45) is 0 Å². The first-order chi connectivity index (χ1) is 11.4. The highest BCUT2D eigenvalue weighted by Gasteiger charge is 2.45. The number of halogens is 2. The summed E-state index contributed by atoms with van der Waals surface area (Å²) in [5.41, 5.74) is 0.435. The fraction of sp³-hybridized carbons (Fsp3) is 0.188. The van der Waals surface area contributed by atoms with Crippen LogP contribution in [0.15, 0.2) is 47.4 Å². The van der Waals surface area contributed by atoms with Crippen molar-refractivity contribution < 1.29 is 22.3 Å². The Bertz CT molecular complexity index is 902. The number of para-hydroxylation sites is 1. The maximum absolute atomic E-state index is 13.9. The van der Waals surface area contributed by atoms with Crippen LogP contribution in [0.2, 0.25) is 5.02 Å². The molecule has 0 N–H and O–H groups in total. The lowest BCUT2D eigenvalue weighted by atomic mass is 10.0. The van der Waals surface area contributed by atoms with Crippen LogP contribution < -0.4 is 4.31 Å². The van der Waals surface area contributed by atoms with Gasteiger partial charge in [-0.05, 0) is 24.3 Å². The summed E-state index contributed by atoms with van der Waals surface area (Å²) in [4.78, 5) is 11.7. The molecule has 0 radical (unpaired) electrons. The normalized spacial score (nSPS) is 18.3. The van der Waals surface area contributed by atoms with E-state index < -0.39 is 27.9 Å². The average molecular weight is 370 g/mol. The second kappa shape index (κ2) is 6.07. The SMILES string of the molecule is COC(=O)CC1c2c(ccc(F)c2Cl)S(=O)(=O)N1c1ccccc1. The van der Waals surface area contributed by atoms with Crippen molar-refractivity contribution in [1.82, 2.24) is 0 Å². The molecule has 0 aromatic heterocycles. The van der Waals surface area contributed by atoms with Crippen molar-refractivity contribution in [2.45, 2.75) is 17.4 Å². The smallest absolute Gasteiger partial charge is 0.307 e. The van der Waals surface area contributed by atoms with Crippen LogP contribution in [0, 0.1) is 5.82 Å². The van der Waals surface area contributed by atoms with Crippen LogP contribution in [0.1, 0.15) is 18.0 Å². The number of carbonyl (C=O) groups is 1. The van der Waals surface area contributed by atoms with E-state index in [1.54, 1.807) is 30.3 Å². The third kappa shape index (κ3) is 2.53. The summed E-state index contributed by atoms with van der Waals surface area (Å²) in [6, 6.07) is 9.47. The maximum atomic E-state index is 13.9. The van der Waals surface area contributed by atoms with Gasteiger partial charge < -0.3 is 4.74 Å². The summed E-state index contributed by atoms with van der Waals surface area (Å²) >= 11 is 6.02. The average Bonchev–Trinajstić information content (AvgIpc) is 2.79. The van der Waals surface area contributed by atoms with E-state index >= 15 is 0 Å². The van der Waals surface area contributed by atoms with Gasteiger partial charge in [0, 0.05) is 5.56 Å². The number of benzene rings is 2. The second-order valence-electron chi connectivity index (χ2n) is 5.21. The van der Waals surface area contributed by atoms with Crippen LogP contribution >= 0.6 is 11.6 Å². The van der Waals surface area contributed by atoms with E-state index in [2.05, 4.69) is 4.74 Å². The Morgan fingerprint density at radius 1 is 1.25 bits per heavy atom. The Morgan fingerprint density at radius 3 is 2.54 bits per heavy atom. The van der Waals surface area contributed by atoms with Crippen molar-refractivity contribution in [3.05, 3.63) is 58.9 Å². The van der Waals surface area contributed by atoms with Gasteiger partial charge >= 0.3 is 5.97 Å². The molecule has 126 valence electrons. The molecule has 0 saturated heterocycles. The van der Waals surface area contributed by atoms with Gasteiger partial charge in [-0.25, -0.2) is 12.8 Å². The molecule has 1 atom stereocenters. The molecule has 2 aromatic carbocycles. The molecule has 1 aliphatic heterocycles. The minimum atomic E-state index is -3.97. The third-order valence-electron chi connectivity index (χ3n) is 3.84. The zero-order chi connectivity index (χ0) is 17.5. The zero-order valence-corrected chi connectivity index (χ0v) is 14.1. The van der Waals surface area contributed by atoms with Crippen molar-refractivity contribution in [3.8, 4) is 0 Å². The first-order valence-corrected chi connectivity index (χ1v) is 8.84. The highest BCUT2D eigenvalue weighted by atomic mass is 35.5. The zero-order valence-electron chi connectivity index (χ0n) is 12.6. The molecule has 0 bridgehead atoms. The van der Waals surface area contributed by atoms with Crippen molar-refractivity contribution in [2.75, 3.05) is 11.4 Å². The number of fused-ring (bicyclic) bond motifs is 1. The molecule has 0 amide bonds. The molecule has 8 heteroatoms. The highest BCUT2D eigenvalue weighted by molar-refractivity contribution is 7.93. The molecule has 24 heavy (non-hydrogen) atoms. The number of esters is 1. The number of hydrogen-bond acceptors (Lipinski definition) is 4. The lowest BCUT2D eigenvalue weighted by Gasteiger charge is -2.25. The molecule has 0 aliphatic carbocycles. The number of hydrogen-bond donors (Lipinski definition) is 0. The number of nitrogens with zero attached hydrogens (tertiary/aromatic N) is 1. The first kappa shape index (κ1) is 16.7. The number of carbonyl (C=O) groups excluding carboxylic acids is 1. The van der Waals surface area contributed by atoms with Crippen LogP contribution in [0.5, 0.6) is 0 Å². The molecule has 0 fully saturated rings. The largest absolute Gasteiger partial charge is 0.469 e. The fourth-order valence-corrected chi connectivity index (χ4v) is 5.02. The van der Waals surface area contributed by atoms with Crippen LogP contribution in [0.3, 0.4) is 0 Å². The second-order valence-corrected chi connectivity index (χ2v) is 7.37. The lowest BCUT2D eigenvalue weighted by Crippen LogP contribution is -2.29. The molecule has 2 aromatic rings. The Morgan fingerprint density at radius 2 is 1.92 bits per heavy atom. The fourth-order valence-electron chi connectivity index (χ4n) is 2.79. The van der Waals surface area contributed by atoms with Gasteiger partial charge in [-0.15, -0.1) is 0 Å². The van der Waals surface area contributed by atoms with E-state index in [9.17, 15) is 17.6 Å². The number of sulfonamides is 1. The highest BCUT2D eigenvalue weighted by Crippen LogP contribution is 2.47. The van der Waals surface area contributed by atoms with E-state index in [-0.39, 0.29) is 21.9 Å². The van der Waals surface area contributed by atoms with Crippen molar-refractivity contribution >= 4 is 33.3 Å². The summed E-state index contributed by atoms with van der Waals surface area (Å²) in [6.07, 6.45) is -0.277. The van der Waals surface area contributed by atoms with Crippen LogP contribution in [-0.2, 0) is 19.6 Å². The molecule has 1 heterocycles. The lowest BCUT2D eigenvalue weighted by molar-refractivity contribution is -0.141. The Hall–Kier alpha value is -2.12. The first-order valence-electron chi connectivity index (χ1n) is 7.02. The Balaban J connectivity index is 2.25. The molecule has 3 rings (SSSR count). The molecule has 1 aliphatic rings. The predicted octanol–water partition coefficient (Wildman–Crippen LogP) is 3.29. The minimum Gasteiger partial charge on any atom is -0.469 e. The van der Waals surface area contributed by atoms with Gasteiger partial charge in [-0.2, -0.15) is 0 Å². The van der Waals surface area contributed by atoms with E-state index in [0.717, 1.165) is 10.4 Å². The predicted molar refractivity (Wildman–Crippen MR) is 86.9 cm³/mol. The minimum absolute atomic E-state index is 0.0749. The Labute approximate surface area is 143 Å². The quantitative estimate of drug-likeness (QED) is 0.779.